The molecule has 0 atom stereocenters. The molecule has 0 spiro atoms. The zero-order chi connectivity index (χ0) is 9.47. The third kappa shape index (κ3) is 1.61. The number of hydrogen-bond acceptors (Lipinski definition) is 2. The summed E-state index contributed by atoms with van der Waals surface area (Å²) < 4.78 is 2.20. The average Bonchev–Trinajstić information content (AvgIpc) is 2.31. The maximum Gasteiger partial charge on any atom is 0.0949 e. The summed E-state index contributed by atoms with van der Waals surface area (Å²) in [6.45, 7) is 9.09. The fraction of sp³-hybridized carbons (Fsp3) is 0.700. The first-order valence-corrected chi connectivity index (χ1v) is 4.80. The molecule has 0 saturated carbocycles. The van der Waals surface area contributed by atoms with Crippen molar-refractivity contribution in [2.24, 2.45) is 0 Å². The van der Waals surface area contributed by atoms with Gasteiger partial charge >= 0.3 is 0 Å². The quantitative estimate of drug-likeness (QED) is 0.652. The summed E-state index contributed by atoms with van der Waals surface area (Å²) in [5.41, 5.74) is 0.317. The van der Waals surface area contributed by atoms with E-state index in [1.165, 1.54) is 0 Å². The van der Waals surface area contributed by atoms with Crippen molar-refractivity contribution >= 4 is 0 Å². The van der Waals surface area contributed by atoms with Crippen LogP contribution in [0.15, 0.2) is 18.7 Å². The summed E-state index contributed by atoms with van der Waals surface area (Å²) in [6, 6.07) is 0.640. The normalized spacial score (nSPS) is 20.2. The van der Waals surface area contributed by atoms with Crippen molar-refractivity contribution < 1.29 is 0 Å². The van der Waals surface area contributed by atoms with Crippen LogP contribution in [-0.4, -0.2) is 33.1 Å². The van der Waals surface area contributed by atoms with Crippen LogP contribution in [-0.2, 0) is 0 Å². The Kier molecular flexibility index (Phi) is 1.91. The minimum absolute atomic E-state index is 0.317. The van der Waals surface area contributed by atoms with Crippen molar-refractivity contribution in [3.63, 3.8) is 0 Å². The molecule has 0 unspecified atom stereocenters. The molecular weight excluding hydrogens is 162 g/mol. The number of rotatable bonds is 1. The van der Waals surface area contributed by atoms with Crippen molar-refractivity contribution in [2.45, 2.75) is 32.4 Å². The molecule has 1 fully saturated rings. The molecule has 0 aromatic carbocycles. The van der Waals surface area contributed by atoms with E-state index in [-0.39, 0.29) is 0 Å². The molecule has 2 heterocycles. The van der Waals surface area contributed by atoms with Crippen LogP contribution in [0.5, 0.6) is 0 Å². The molecule has 1 aromatic rings. The van der Waals surface area contributed by atoms with Crippen LogP contribution in [0.4, 0.5) is 0 Å². The minimum Gasteiger partial charge on any atom is -0.332 e. The number of imidazole rings is 1. The average molecular weight is 179 g/mol. The van der Waals surface area contributed by atoms with E-state index < -0.39 is 0 Å². The maximum atomic E-state index is 4.06. The molecule has 1 aromatic heterocycles. The number of nitrogens with zero attached hydrogens (tertiary/aromatic N) is 3. The van der Waals surface area contributed by atoms with Crippen molar-refractivity contribution in [1.82, 2.24) is 14.5 Å². The monoisotopic (exact) mass is 179 g/mol. The van der Waals surface area contributed by atoms with Crippen molar-refractivity contribution in [3.8, 4) is 0 Å². The Bertz CT molecular complexity index is 265. The summed E-state index contributed by atoms with van der Waals surface area (Å²) in [5, 5.41) is 0. The van der Waals surface area contributed by atoms with Crippen LogP contribution >= 0.6 is 0 Å². The fourth-order valence-electron chi connectivity index (χ4n) is 1.68. The Morgan fingerprint density at radius 3 is 2.46 bits per heavy atom. The van der Waals surface area contributed by atoms with Crippen LogP contribution in [0.25, 0.3) is 0 Å². The second kappa shape index (κ2) is 2.84. The van der Waals surface area contributed by atoms with Gasteiger partial charge in [0.1, 0.15) is 0 Å². The standard InChI is InChI=1S/C10H17N3/c1-10(2,3)13-6-9(7-13)12-5-4-11-8-12/h4-5,8-9H,6-7H2,1-3H3. The molecule has 3 nitrogen and oxygen atoms in total. The summed E-state index contributed by atoms with van der Waals surface area (Å²) in [7, 11) is 0. The highest BCUT2D eigenvalue weighted by atomic mass is 15.3. The Morgan fingerprint density at radius 2 is 2.00 bits per heavy atom. The van der Waals surface area contributed by atoms with Crippen LogP contribution in [0.1, 0.15) is 26.8 Å². The second-order valence-corrected chi connectivity index (χ2v) is 4.74. The summed E-state index contributed by atoms with van der Waals surface area (Å²) in [4.78, 5) is 6.54. The fourth-order valence-corrected chi connectivity index (χ4v) is 1.68. The molecule has 0 amide bonds. The predicted molar refractivity (Wildman–Crippen MR) is 52.6 cm³/mol. The third-order valence-electron chi connectivity index (χ3n) is 2.76. The largest absolute Gasteiger partial charge is 0.332 e. The smallest absolute Gasteiger partial charge is 0.0949 e. The molecule has 0 radical (unpaired) electrons. The van der Waals surface area contributed by atoms with Gasteiger partial charge in [0.15, 0.2) is 0 Å². The van der Waals surface area contributed by atoms with Crippen molar-refractivity contribution in [3.05, 3.63) is 18.7 Å². The SMILES string of the molecule is CC(C)(C)N1CC(n2ccnc2)C1. The van der Waals surface area contributed by atoms with Crippen LogP contribution in [0, 0.1) is 0 Å². The zero-order valence-electron chi connectivity index (χ0n) is 8.57. The van der Waals surface area contributed by atoms with Crippen LogP contribution < -0.4 is 0 Å². The van der Waals surface area contributed by atoms with E-state index in [1.54, 1.807) is 0 Å². The van der Waals surface area contributed by atoms with E-state index in [4.69, 9.17) is 0 Å². The number of likely N-dealkylation sites (tertiary alicyclic amines) is 1. The molecule has 0 N–H and O–H groups in total. The summed E-state index contributed by atoms with van der Waals surface area (Å²) >= 11 is 0. The third-order valence-corrected chi connectivity index (χ3v) is 2.76. The first-order chi connectivity index (χ1) is 6.07. The zero-order valence-corrected chi connectivity index (χ0v) is 8.57. The molecule has 1 aliphatic heterocycles. The van der Waals surface area contributed by atoms with Crippen molar-refractivity contribution in [2.75, 3.05) is 13.1 Å². The van der Waals surface area contributed by atoms with Gasteiger partial charge in [-0.1, -0.05) is 0 Å². The van der Waals surface area contributed by atoms with E-state index in [9.17, 15) is 0 Å². The Morgan fingerprint density at radius 1 is 1.31 bits per heavy atom. The Balaban J connectivity index is 1.93. The molecular formula is C10H17N3. The molecule has 0 aliphatic carbocycles. The second-order valence-electron chi connectivity index (χ2n) is 4.74. The van der Waals surface area contributed by atoms with Gasteiger partial charge in [-0.3, -0.25) is 4.90 Å². The van der Waals surface area contributed by atoms with Crippen LogP contribution in [0.2, 0.25) is 0 Å². The highest BCUT2D eigenvalue weighted by molar-refractivity contribution is 4.94. The lowest BCUT2D eigenvalue weighted by atomic mass is 9.98. The molecule has 3 heteroatoms. The van der Waals surface area contributed by atoms with Gasteiger partial charge in [0.25, 0.3) is 0 Å². The number of hydrogen-bond donors (Lipinski definition) is 0. The Labute approximate surface area is 79.4 Å². The summed E-state index contributed by atoms with van der Waals surface area (Å²) in [5.74, 6) is 0. The lowest BCUT2D eigenvalue weighted by Crippen LogP contribution is -2.56. The van der Waals surface area contributed by atoms with Gasteiger partial charge in [0.05, 0.1) is 12.4 Å². The van der Waals surface area contributed by atoms with Gasteiger partial charge in [-0.25, -0.2) is 4.98 Å². The highest BCUT2D eigenvalue weighted by Crippen LogP contribution is 2.28. The van der Waals surface area contributed by atoms with Gasteiger partial charge < -0.3 is 4.57 Å². The number of aromatic nitrogens is 2. The van der Waals surface area contributed by atoms with E-state index >= 15 is 0 Å². The molecule has 1 aliphatic rings. The first-order valence-electron chi connectivity index (χ1n) is 4.80. The van der Waals surface area contributed by atoms with Gasteiger partial charge in [-0.05, 0) is 20.8 Å². The van der Waals surface area contributed by atoms with Gasteiger partial charge in [0.2, 0.25) is 0 Å². The molecule has 13 heavy (non-hydrogen) atoms. The first kappa shape index (κ1) is 8.75. The van der Waals surface area contributed by atoms with E-state index in [2.05, 4.69) is 35.2 Å². The summed E-state index contributed by atoms with van der Waals surface area (Å²) in [6.07, 6.45) is 5.80. The van der Waals surface area contributed by atoms with Gasteiger partial charge in [-0.15, -0.1) is 0 Å². The van der Waals surface area contributed by atoms with E-state index in [1.807, 2.05) is 18.7 Å². The Hall–Kier alpha value is -0.830. The van der Waals surface area contributed by atoms with Crippen LogP contribution in [0.3, 0.4) is 0 Å². The lowest BCUT2D eigenvalue weighted by molar-refractivity contribution is 0.0203. The lowest BCUT2D eigenvalue weighted by Gasteiger charge is -2.47. The topological polar surface area (TPSA) is 21.1 Å². The van der Waals surface area contributed by atoms with E-state index in [0.29, 0.717) is 11.6 Å². The minimum atomic E-state index is 0.317. The highest BCUT2D eigenvalue weighted by Gasteiger charge is 2.34. The molecule has 72 valence electrons. The molecule has 0 bridgehead atoms. The molecule has 1 saturated heterocycles. The maximum absolute atomic E-state index is 4.06. The molecule has 2 rings (SSSR count). The van der Waals surface area contributed by atoms with Gasteiger partial charge in [0, 0.05) is 31.0 Å². The van der Waals surface area contributed by atoms with E-state index in [0.717, 1.165) is 13.1 Å². The van der Waals surface area contributed by atoms with Gasteiger partial charge in [-0.2, -0.15) is 0 Å². The predicted octanol–water partition coefficient (Wildman–Crippen LogP) is 1.54. The van der Waals surface area contributed by atoms with Crippen molar-refractivity contribution in [1.29, 1.82) is 0 Å².